The van der Waals surface area contributed by atoms with E-state index in [4.69, 9.17) is 10.2 Å². The predicted molar refractivity (Wildman–Crippen MR) is 121 cm³/mol. The highest BCUT2D eigenvalue weighted by Gasteiger charge is 2.29. The van der Waals surface area contributed by atoms with Gasteiger partial charge < -0.3 is 15.3 Å². The molecule has 0 aliphatic heterocycles. The third kappa shape index (κ3) is 5.32. The number of aromatic carboxylic acids is 1. The molecule has 10 heteroatoms. The third-order valence-corrected chi connectivity index (χ3v) is 6.05. The summed E-state index contributed by atoms with van der Waals surface area (Å²) < 4.78 is 31.5. The van der Waals surface area contributed by atoms with Crippen LogP contribution in [0.3, 0.4) is 0 Å². The summed E-state index contributed by atoms with van der Waals surface area (Å²) in [5.41, 5.74) is 6.88. The highest BCUT2D eigenvalue weighted by atomic mass is 32.2. The maximum atomic E-state index is 12.3. The minimum Gasteiger partial charge on any atom is -0.478 e. The van der Waals surface area contributed by atoms with Crippen LogP contribution in [0.5, 0.6) is 0 Å². The molecular formula is C22H26N4O5S. The van der Waals surface area contributed by atoms with Crippen LogP contribution in [0, 0.1) is 0 Å². The first-order valence-corrected chi connectivity index (χ1v) is 11.9. The maximum Gasteiger partial charge on any atom is 0.335 e. The van der Waals surface area contributed by atoms with Gasteiger partial charge in [0.15, 0.2) is 0 Å². The number of hydrogen-bond acceptors (Lipinski definition) is 7. The minimum absolute atomic E-state index is 0.0547. The van der Waals surface area contributed by atoms with Gasteiger partial charge in [-0.15, -0.1) is 10.2 Å². The molecule has 3 N–H and O–H groups in total. The molecule has 1 heterocycles. The fourth-order valence-corrected chi connectivity index (χ4v) is 4.36. The Morgan fingerprint density at radius 1 is 1.19 bits per heavy atom. The van der Waals surface area contributed by atoms with Gasteiger partial charge in [0.25, 0.3) is 0 Å². The van der Waals surface area contributed by atoms with Gasteiger partial charge in [-0.2, -0.15) is 0 Å². The first kappa shape index (κ1) is 23.4. The molecule has 0 saturated heterocycles. The molecule has 0 fully saturated rings. The summed E-state index contributed by atoms with van der Waals surface area (Å²) in [6, 6.07) is 13.8. The lowest BCUT2D eigenvalue weighted by Gasteiger charge is -2.22. The van der Waals surface area contributed by atoms with Crippen LogP contribution in [0.15, 0.2) is 52.9 Å². The number of aromatic nitrogens is 2. The minimum atomic E-state index is -3.62. The molecule has 0 unspecified atom stereocenters. The molecule has 0 radical (unpaired) electrons. The first-order valence-electron chi connectivity index (χ1n) is 10.0. The van der Waals surface area contributed by atoms with Crippen molar-refractivity contribution in [1.82, 2.24) is 10.2 Å². The number of rotatable bonds is 9. The number of benzene rings is 2. The summed E-state index contributed by atoms with van der Waals surface area (Å²) in [5.74, 6) is -0.961. The van der Waals surface area contributed by atoms with Crippen LogP contribution in [-0.2, 0) is 22.0 Å². The maximum absolute atomic E-state index is 12.3. The van der Waals surface area contributed by atoms with Gasteiger partial charge in [-0.25, -0.2) is 13.2 Å². The van der Waals surface area contributed by atoms with E-state index in [2.05, 4.69) is 10.2 Å². The monoisotopic (exact) mass is 458 g/mol. The molecule has 3 rings (SSSR count). The van der Waals surface area contributed by atoms with Crippen molar-refractivity contribution in [2.75, 3.05) is 17.1 Å². The van der Waals surface area contributed by atoms with Crippen LogP contribution in [0.1, 0.15) is 42.1 Å². The average molecular weight is 459 g/mol. The van der Waals surface area contributed by atoms with Gasteiger partial charge in [0.1, 0.15) is 0 Å². The number of anilines is 1. The highest BCUT2D eigenvalue weighted by Crippen LogP contribution is 2.30. The highest BCUT2D eigenvalue weighted by molar-refractivity contribution is 7.92. The van der Waals surface area contributed by atoms with Crippen molar-refractivity contribution in [3.63, 3.8) is 0 Å². The Labute approximate surface area is 186 Å². The predicted octanol–water partition coefficient (Wildman–Crippen LogP) is 3.03. The van der Waals surface area contributed by atoms with E-state index >= 15 is 0 Å². The molecule has 0 aliphatic rings. The molecule has 0 aliphatic carbocycles. The van der Waals surface area contributed by atoms with E-state index in [-0.39, 0.29) is 29.6 Å². The van der Waals surface area contributed by atoms with E-state index in [0.29, 0.717) is 18.4 Å². The van der Waals surface area contributed by atoms with Crippen LogP contribution in [0.4, 0.5) is 5.69 Å². The van der Waals surface area contributed by atoms with E-state index in [0.717, 1.165) is 16.1 Å². The number of sulfonamides is 1. The molecule has 32 heavy (non-hydrogen) atoms. The summed E-state index contributed by atoms with van der Waals surface area (Å²) in [5, 5.41) is 17.7. The second-order valence-electron chi connectivity index (χ2n) is 7.90. The fraction of sp³-hybridized carbons (Fsp3) is 0.318. The number of hydrogen-bond donors (Lipinski definition) is 2. The summed E-state index contributed by atoms with van der Waals surface area (Å²) in [4.78, 5) is 11.7. The molecule has 2 aromatic carbocycles. The lowest BCUT2D eigenvalue weighted by molar-refractivity contribution is 0.0697. The second kappa shape index (κ2) is 9.09. The number of carbonyl (C=O) groups is 1. The Kier molecular flexibility index (Phi) is 6.65. The van der Waals surface area contributed by atoms with Crippen LogP contribution in [-0.4, -0.2) is 42.5 Å². The van der Waals surface area contributed by atoms with Crippen molar-refractivity contribution in [3.05, 3.63) is 65.5 Å². The van der Waals surface area contributed by atoms with Gasteiger partial charge in [0.2, 0.25) is 21.8 Å². The van der Waals surface area contributed by atoms with Gasteiger partial charge in [-0.05, 0) is 43.5 Å². The van der Waals surface area contributed by atoms with E-state index in [9.17, 15) is 18.3 Å². The average Bonchev–Trinajstić information content (AvgIpc) is 3.22. The molecule has 9 nitrogen and oxygen atoms in total. The van der Waals surface area contributed by atoms with Crippen LogP contribution < -0.4 is 10.0 Å². The van der Waals surface area contributed by atoms with E-state index < -0.39 is 21.5 Å². The third-order valence-electron chi connectivity index (χ3n) is 4.85. The molecular weight excluding hydrogens is 432 g/mol. The quantitative estimate of drug-likeness (QED) is 0.499. The van der Waals surface area contributed by atoms with E-state index in [1.54, 1.807) is 6.92 Å². The molecule has 170 valence electrons. The second-order valence-corrected chi connectivity index (χ2v) is 9.81. The normalized spacial score (nSPS) is 13.5. The molecule has 0 amide bonds. The Hall–Kier alpha value is -3.24. The van der Waals surface area contributed by atoms with Gasteiger partial charge in [0, 0.05) is 12.1 Å². The van der Waals surface area contributed by atoms with E-state index in [1.165, 1.54) is 18.2 Å². The number of carboxylic acid groups (broad SMARTS) is 1. The molecule has 0 saturated carbocycles. The zero-order valence-electron chi connectivity index (χ0n) is 18.1. The van der Waals surface area contributed by atoms with Crippen LogP contribution in [0.2, 0.25) is 0 Å². The SMILES string of the molecule is CCCN(c1cc(C(=O)O)cc(-c2nnc([C@](C)(N)Cc3ccccc3)o2)c1)S(C)(=O)=O. The van der Waals surface area contributed by atoms with Crippen molar-refractivity contribution in [1.29, 1.82) is 0 Å². The summed E-state index contributed by atoms with van der Waals surface area (Å²) in [6.07, 6.45) is 2.08. The van der Waals surface area contributed by atoms with Crippen molar-refractivity contribution in [2.45, 2.75) is 32.2 Å². The fourth-order valence-electron chi connectivity index (χ4n) is 3.36. The van der Waals surface area contributed by atoms with Crippen LogP contribution in [0.25, 0.3) is 11.5 Å². The lowest BCUT2D eigenvalue weighted by atomic mass is 9.94. The summed E-state index contributed by atoms with van der Waals surface area (Å²) in [7, 11) is -3.62. The number of nitrogens with zero attached hydrogens (tertiary/aromatic N) is 3. The topological polar surface area (TPSA) is 140 Å². The number of nitrogens with two attached hydrogens (primary N) is 1. The Bertz CT molecular complexity index is 1210. The van der Waals surface area contributed by atoms with Crippen molar-refractivity contribution in [2.24, 2.45) is 5.73 Å². The first-order chi connectivity index (χ1) is 15.0. The van der Waals surface area contributed by atoms with E-state index in [1.807, 2.05) is 37.3 Å². The smallest absolute Gasteiger partial charge is 0.335 e. The van der Waals surface area contributed by atoms with Crippen LogP contribution >= 0.6 is 0 Å². The standard InChI is InChI=1S/C22H26N4O5S/c1-4-10-26(32(3,29)30)18-12-16(11-17(13-18)20(27)28)19-24-25-21(31-19)22(2,23)14-15-8-6-5-7-9-15/h5-9,11-13H,4,10,14,23H2,1-3H3,(H,27,28)/t22-/m1/s1. The molecule has 0 spiro atoms. The molecule has 1 atom stereocenters. The van der Waals surface area contributed by atoms with Crippen molar-refractivity contribution < 1.29 is 22.7 Å². The summed E-state index contributed by atoms with van der Waals surface area (Å²) in [6.45, 7) is 3.80. The van der Waals surface area contributed by atoms with Gasteiger partial charge in [0.05, 0.1) is 23.0 Å². The van der Waals surface area contributed by atoms with Gasteiger partial charge in [-0.1, -0.05) is 37.3 Å². The molecule has 3 aromatic rings. The summed E-state index contributed by atoms with van der Waals surface area (Å²) >= 11 is 0. The zero-order chi connectivity index (χ0) is 23.5. The Balaban J connectivity index is 2.02. The Morgan fingerprint density at radius 2 is 1.88 bits per heavy atom. The largest absolute Gasteiger partial charge is 0.478 e. The van der Waals surface area contributed by atoms with Gasteiger partial charge in [-0.3, -0.25) is 4.31 Å². The van der Waals surface area contributed by atoms with Crippen molar-refractivity contribution >= 4 is 21.7 Å². The van der Waals surface area contributed by atoms with Gasteiger partial charge >= 0.3 is 5.97 Å². The Morgan fingerprint density at radius 3 is 2.47 bits per heavy atom. The molecule has 1 aromatic heterocycles. The number of carboxylic acids is 1. The zero-order valence-corrected chi connectivity index (χ0v) is 19.0. The molecule has 0 bridgehead atoms. The van der Waals surface area contributed by atoms with Crippen molar-refractivity contribution in [3.8, 4) is 11.5 Å². The lowest BCUT2D eigenvalue weighted by Crippen LogP contribution is -2.35.